The maximum atomic E-state index is 12.5. The molecule has 6 nitrogen and oxygen atoms in total. The number of hydrogen-bond acceptors (Lipinski definition) is 4. The lowest BCUT2D eigenvalue weighted by atomic mass is 9.85. The minimum absolute atomic E-state index is 0.0981. The van der Waals surface area contributed by atoms with Crippen LogP contribution in [0, 0.1) is 31.6 Å². The first-order chi connectivity index (χ1) is 11.0. The highest BCUT2D eigenvalue weighted by molar-refractivity contribution is 5.75. The van der Waals surface area contributed by atoms with Gasteiger partial charge in [0.2, 0.25) is 0 Å². The van der Waals surface area contributed by atoms with E-state index in [1.165, 1.54) is 6.42 Å². The van der Waals surface area contributed by atoms with E-state index >= 15 is 0 Å². The summed E-state index contributed by atoms with van der Waals surface area (Å²) in [6, 6.07) is -0.166. The zero-order valence-electron chi connectivity index (χ0n) is 14.1. The number of rotatable bonds is 5. The molecule has 2 aliphatic carbocycles. The number of amides is 2. The number of nitrogens with one attached hydrogen (secondary N) is 2. The molecule has 0 spiro atoms. The molecule has 2 saturated carbocycles. The Morgan fingerprint density at radius 1 is 1.39 bits per heavy atom. The van der Waals surface area contributed by atoms with Gasteiger partial charge in [0.15, 0.2) is 0 Å². The minimum atomic E-state index is -0.159. The maximum absolute atomic E-state index is 12.5. The Labute approximate surface area is 137 Å². The number of hydrogen-bond donors (Lipinski definition) is 3. The lowest BCUT2D eigenvalue weighted by Gasteiger charge is -2.31. The SMILES string of the molecule is CCC(NC(=O)NC1C2CCC(C2)C1CO)c1c(C)noc1C. The van der Waals surface area contributed by atoms with Crippen LogP contribution in [0.25, 0.3) is 0 Å². The standard InChI is InChI=1S/C17H27N3O3/c1-4-14(15-9(2)20-23-10(15)3)18-17(22)19-16-12-6-5-11(7-12)13(16)8-21/h11-14,16,21H,4-8H2,1-3H3,(H2,18,19,22). The van der Waals surface area contributed by atoms with Crippen LogP contribution in [0.5, 0.6) is 0 Å². The Hall–Kier alpha value is -1.56. The summed E-state index contributed by atoms with van der Waals surface area (Å²) in [4.78, 5) is 12.5. The fraction of sp³-hybridized carbons (Fsp3) is 0.765. The zero-order chi connectivity index (χ0) is 16.6. The third kappa shape index (κ3) is 2.96. The minimum Gasteiger partial charge on any atom is -0.396 e. The molecule has 5 unspecified atom stereocenters. The van der Waals surface area contributed by atoms with Gasteiger partial charge in [-0.3, -0.25) is 0 Å². The third-order valence-electron chi connectivity index (χ3n) is 5.75. The van der Waals surface area contributed by atoms with Crippen LogP contribution in [-0.2, 0) is 0 Å². The fourth-order valence-electron chi connectivity index (χ4n) is 4.62. The van der Waals surface area contributed by atoms with Gasteiger partial charge in [-0.2, -0.15) is 0 Å². The molecule has 0 saturated heterocycles. The Balaban J connectivity index is 1.64. The monoisotopic (exact) mass is 321 g/mol. The predicted octanol–water partition coefficient (Wildman–Crippen LogP) is 2.45. The van der Waals surface area contributed by atoms with Crippen molar-refractivity contribution in [2.75, 3.05) is 6.61 Å². The van der Waals surface area contributed by atoms with Crippen molar-refractivity contribution in [1.82, 2.24) is 15.8 Å². The van der Waals surface area contributed by atoms with E-state index in [1.54, 1.807) is 0 Å². The first-order valence-electron chi connectivity index (χ1n) is 8.65. The van der Waals surface area contributed by atoms with Crippen LogP contribution in [0.15, 0.2) is 4.52 Å². The van der Waals surface area contributed by atoms with E-state index in [4.69, 9.17) is 4.52 Å². The number of urea groups is 1. The molecule has 1 aromatic rings. The van der Waals surface area contributed by atoms with Gasteiger partial charge in [0.1, 0.15) is 5.76 Å². The molecule has 0 aliphatic heterocycles. The Bertz CT molecular complexity index is 552. The molecule has 2 fully saturated rings. The van der Waals surface area contributed by atoms with Gasteiger partial charge in [-0.1, -0.05) is 12.1 Å². The van der Waals surface area contributed by atoms with Crippen molar-refractivity contribution < 1.29 is 14.4 Å². The van der Waals surface area contributed by atoms with Crippen LogP contribution < -0.4 is 10.6 Å². The topological polar surface area (TPSA) is 87.4 Å². The van der Waals surface area contributed by atoms with E-state index < -0.39 is 0 Å². The van der Waals surface area contributed by atoms with Gasteiger partial charge >= 0.3 is 6.03 Å². The van der Waals surface area contributed by atoms with E-state index in [2.05, 4.69) is 15.8 Å². The Morgan fingerprint density at radius 3 is 2.74 bits per heavy atom. The van der Waals surface area contributed by atoms with Crippen molar-refractivity contribution in [3.05, 3.63) is 17.0 Å². The molecule has 0 aromatic carbocycles. The van der Waals surface area contributed by atoms with Gasteiger partial charge in [0, 0.05) is 24.1 Å². The van der Waals surface area contributed by atoms with Crippen molar-refractivity contribution in [1.29, 1.82) is 0 Å². The third-order valence-corrected chi connectivity index (χ3v) is 5.75. The lowest BCUT2D eigenvalue weighted by Crippen LogP contribution is -2.49. The van der Waals surface area contributed by atoms with Gasteiger partial charge in [0.05, 0.1) is 11.7 Å². The first-order valence-corrected chi connectivity index (χ1v) is 8.65. The molecular weight excluding hydrogens is 294 g/mol. The van der Waals surface area contributed by atoms with Gasteiger partial charge in [-0.05, 0) is 51.4 Å². The molecule has 23 heavy (non-hydrogen) atoms. The predicted molar refractivity (Wildman–Crippen MR) is 85.9 cm³/mol. The number of aliphatic hydroxyl groups is 1. The smallest absolute Gasteiger partial charge is 0.315 e. The molecule has 3 rings (SSSR count). The summed E-state index contributed by atoms with van der Waals surface area (Å²) < 4.78 is 5.21. The molecule has 6 heteroatoms. The molecule has 5 atom stereocenters. The molecule has 3 N–H and O–H groups in total. The van der Waals surface area contributed by atoms with Crippen molar-refractivity contribution >= 4 is 6.03 Å². The van der Waals surface area contributed by atoms with Crippen molar-refractivity contribution in [2.24, 2.45) is 17.8 Å². The molecule has 2 amide bonds. The van der Waals surface area contributed by atoms with E-state index in [0.717, 1.165) is 36.3 Å². The van der Waals surface area contributed by atoms with Gasteiger partial charge in [-0.15, -0.1) is 0 Å². The Morgan fingerprint density at radius 2 is 2.13 bits per heavy atom. The Kier molecular flexibility index (Phi) is 4.62. The van der Waals surface area contributed by atoms with E-state index in [9.17, 15) is 9.90 Å². The molecule has 0 radical (unpaired) electrons. The number of aryl methyl sites for hydroxylation is 2. The zero-order valence-corrected chi connectivity index (χ0v) is 14.1. The number of aromatic nitrogens is 1. The lowest BCUT2D eigenvalue weighted by molar-refractivity contribution is 0.144. The second-order valence-electron chi connectivity index (χ2n) is 7.02. The van der Waals surface area contributed by atoms with Crippen LogP contribution in [0.4, 0.5) is 4.79 Å². The van der Waals surface area contributed by atoms with Crippen LogP contribution in [0.1, 0.15) is 55.7 Å². The summed E-state index contributed by atoms with van der Waals surface area (Å²) in [5, 5.41) is 19.8. The molecule has 2 aliphatic rings. The number of carbonyl (C=O) groups excluding carboxylic acids is 1. The normalized spacial score (nSPS) is 30.4. The molecule has 2 bridgehead atoms. The van der Waals surface area contributed by atoms with Crippen LogP contribution >= 0.6 is 0 Å². The van der Waals surface area contributed by atoms with E-state index in [-0.39, 0.29) is 30.6 Å². The van der Waals surface area contributed by atoms with Gasteiger partial charge in [0.25, 0.3) is 0 Å². The molecule has 128 valence electrons. The second kappa shape index (κ2) is 6.51. The summed E-state index contributed by atoms with van der Waals surface area (Å²) in [7, 11) is 0. The quantitative estimate of drug-likeness (QED) is 0.777. The number of fused-ring (bicyclic) bond motifs is 2. The number of nitrogens with zero attached hydrogens (tertiary/aromatic N) is 1. The average Bonchev–Trinajstić information content (AvgIpc) is 3.21. The second-order valence-corrected chi connectivity index (χ2v) is 7.02. The summed E-state index contributed by atoms with van der Waals surface area (Å²) in [5.74, 6) is 2.04. The highest BCUT2D eigenvalue weighted by Crippen LogP contribution is 2.48. The molecular formula is C17H27N3O3. The largest absolute Gasteiger partial charge is 0.396 e. The summed E-state index contributed by atoms with van der Waals surface area (Å²) in [5.41, 5.74) is 1.79. The van der Waals surface area contributed by atoms with E-state index in [1.807, 2.05) is 20.8 Å². The maximum Gasteiger partial charge on any atom is 0.315 e. The molecule has 1 heterocycles. The molecule has 1 aromatic heterocycles. The number of carbonyl (C=O) groups is 1. The highest BCUT2D eigenvalue weighted by Gasteiger charge is 2.47. The summed E-state index contributed by atoms with van der Waals surface area (Å²) in [6.07, 6.45) is 4.26. The van der Waals surface area contributed by atoms with Crippen molar-refractivity contribution in [3.8, 4) is 0 Å². The van der Waals surface area contributed by atoms with Crippen LogP contribution in [0.2, 0.25) is 0 Å². The summed E-state index contributed by atoms with van der Waals surface area (Å²) >= 11 is 0. The van der Waals surface area contributed by atoms with Crippen LogP contribution in [-0.4, -0.2) is 28.9 Å². The first kappa shape index (κ1) is 16.3. The van der Waals surface area contributed by atoms with Gasteiger partial charge < -0.3 is 20.3 Å². The van der Waals surface area contributed by atoms with Gasteiger partial charge in [-0.25, -0.2) is 4.79 Å². The number of aliphatic hydroxyl groups excluding tert-OH is 1. The van der Waals surface area contributed by atoms with Crippen LogP contribution in [0.3, 0.4) is 0 Å². The average molecular weight is 321 g/mol. The van der Waals surface area contributed by atoms with Crippen molar-refractivity contribution in [2.45, 2.75) is 58.5 Å². The fourth-order valence-corrected chi connectivity index (χ4v) is 4.62. The summed E-state index contributed by atoms with van der Waals surface area (Å²) in [6.45, 7) is 5.96. The van der Waals surface area contributed by atoms with E-state index in [0.29, 0.717) is 11.8 Å². The van der Waals surface area contributed by atoms with Crippen molar-refractivity contribution in [3.63, 3.8) is 0 Å². The highest BCUT2D eigenvalue weighted by atomic mass is 16.5.